The van der Waals surface area contributed by atoms with Gasteiger partial charge in [-0.1, -0.05) is 19.4 Å². The van der Waals surface area contributed by atoms with Crippen LogP contribution in [0.3, 0.4) is 0 Å². The molecule has 0 spiro atoms. The third-order valence-corrected chi connectivity index (χ3v) is 4.45. The molecule has 0 unspecified atom stereocenters. The number of hydrogen-bond donors (Lipinski definition) is 0. The van der Waals surface area contributed by atoms with Gasteiger partial charge in [-0.2, -0.15) is 0 Å². The summed E-state index contributed by atoms with van der Waals surface area (Å²) in [5.41, 5.74) is 1.97. The van der Waals surface area contributed by atoms with E-state index in [0.29, 0.717) is 41.6 Å². The Labute approximate surface area is 175 Å². The van der Waals surface area contributed by atoms with Crippen molar-refractivity contribution in [3.8, 4) is 11.5 Å². The number of esters is 1. The fraction of sp³-hybridized carbons (Fsp3) is 0.348. The second kappa shape index (κ2) is 9.91. The highest BCUT2D eigenvalue weighted by Crippen LogP contribution is 2.29. The second-order valence-corrected chi connectivity index (χ2v) is 6.89. The Kier molecular flexibility index (Phi) is 7.06. The third kappa shape index (κ3) is 5.17. The number of fused-ring (bicyclic) bond motifs is 1. The van der Waals surface area contributed by atoms with Crippen LogP contribution in [0.2, 0.25) is 0 Å². The molecule has 0 saturated heterocycles. The Balaban J connectivity index is 1.72. The number of rotatable bonds is 9. The summed E-state index contributed by atoms with van der Waals surface area (Å²) >= 11 is 0. The van der Waals surface area contributed by atoms with E-state index in [1.807, 2.05) is 19.9 Å². The first-order valence-electron chi connectivity index (χ1n) is 10.1. The number of hydrogen-bond acceptors (Lipinski definition) is 6. The molecule has 0 radical (unpaired) electrons. The second-order valence-electron chi connectivity index (χ2n) is 6.89. The van der Waals surface area contributed by atoms with Gasteiger partial charge < -0.3 is 14.2 Å². The van der Waals surface area contributed by atoms with Crippen molar-refractivity contribution in [1.29, 1.82) is 0 Å². The van der Waals surface area contributed by atoms with E-state index >= 15 is 0 Å². The first-order chi connectivity index (χ1) is 14.5. The molecule has 1 aromatic carbocycles. The lowest BCUT2D eigenvalue weighted by Gasteiger charge is -2.13. The van der Waals surface area contributed by atoms with Gasteiger partial charge in [-0.3, -0.25) is 9.20 Å². The van der Waals surface area contributed by atoms with Gasteiger partial charge in [0.15, 0.2) is 11.5 Å². The highest BCUT2D eigenvalue weighted by Gasteiger charge is 2.14. The van der Waals surface area contributed by atoms with Gasteiger partial charge >= 0.3 is 5.97 Å². The van der Waals surface area contributed by atoms with E-state index in [0.717, 1.165) is 18.4 Å². The summed E-state index contributed by atoms with van der Waals surface area (Å²) in [7, 11) is 0. The van der Waals surface area contributed by atoms with Crippen LogP contribution < -0.4 is 15.0 Å². The summed E-state index contributed by atoms with van der Waals surface area (Å²) in [5.74, 6) is 0.573. The summed E-state index contributed by atoms with van der Waals surface area (Å²) in [5, 5.41) is 0. The third-order valence-electron chi connectivity index (χ3n) is 4.45. The van der Waals surface area contributed by atoms with E-state index in [1.165, 1.54) is 10.5 Å². The first kappa shape index (κ1) is 21.4. The van der Waals surface area contributed by atoms with E-state index < -0.39 is 5.97 Å². The number of carbonyl (C=O) groups excluding carboxylic acids is 1. The van der Waals surface area contributed by atoms with Gasteiger partial charge in [0.25, 0.3) is 5.56 Å². The molecule has 0 aliphatic carbocycles. The number of pyridine rings is 1. The molecule has 2 aromatic heterocycles. The van der Waals surface area contributed by atoms with Crippen molar-refractivity contribution in [2.45, 2.75) is 40.2 Å². The van der Waals surface area contributed by atoms with Crippen LogP contribution in [0.15, 0.2) is 47.4 Å². The molecule has 0 N–H and O–H groups in total. The zero-order valence-corrected chi connectivity index (χ0v) is 17.5. The molecular weight excluding hydrogens is 384 g/mol. The van der Waals surface area contributed by atoms with Crippen molar-refractivity contribution in [2.75, 3.05) is 13.2 Å². The minimum absolute atomic E-state index is 0.100. The average molecular weight is 410 g/mol. The lowest BCUT2D eigenvalue weighted by atomic mass is 10.2. The number of aromatic nitrogens is 2. The zero-order valence-electron chi connectivity index (χ0n) is 17.5. The summed E-state index contributed by atoms with van der Waals surface area (Å²) in [6.07, 6.45) is 3.69. The van der Waals surface area contributed by atoms with Crippen molar-refractivity contribution in [3.63, 3.8) is 0 Å². The predicted molar refractivity (Wildman–Crippen MR) is 113 cm³/mol. The summed E-state index contributed by atoms with van der Waals surface area (Å²) < 4.78 is 18.2. The van der Waals surface area contributed by atoms with E-state index in [1.54, 1.807) is 30.5 Å². The van der Waals surface area contributed by atoms with Crippen molar-refractivity contribution in [3.05, 3.63) is 69.8 Å². The molecule has 0 amide bonds. The summed E-state index contributed by atoms with van der Waals surface area (Å²) in [4.78, 5) is 29.2. The SMILES string of the molecule is CCCCOc1ccc(C(=O)OCc2cc(=O)n3cc(C)ccc3n2)cc1OCC. The van der Waals surface area contributed by atoms with E-state index in [2.05, 4.69) is 11.9 Å². The molecule has 0 aliphatic rings. The molecule has 7 nitrogen and oxygen atoms in total. The normalized spacial score (nSPS) is 10.8. The Morgan fingerprint density at radius 2 is 1.90 bits per heavy atom. The Morgan fingerprint density at radius 3 is 2.67 bits per heavy atom. The fourth-order valence-corrected chi connectivity index (χ4v) is 2.90. The van der Waals surface area contributed by atoms with E-state index in [9.17, 15) is 9.59 Å². The van der Waals surface area contributed by atoms with Crippen LogP contribution in [0.25, 0.3) is 5.65 Å². The van der Waals surface area contributed by atoms with Gasteiger partial charge in [-0.25, -0.2) is 9.78 Å². The molecule has 2 heterocycles. The Hall–Kier alpha value is -3.35. The summed E-state index contributed by atoms with van der Waals surface area (Å²) in [6, 6.07) is 9.96. The fourth-order valence-electron chi connectivity index (χ4n) is 2.90. The monoisotopic (exact) mass is 410 g/mol. The zero-order chi connectivity index (χ0) is 21.5. The van der Waals surface area contributed by atoms with Crippen molar-refractivity contribution in [1.82, 2.24) is 9.38 Å². The number of unbranched alkanes of at least 4 members (excludes halogenated alkanes) is 1. The molecule has 0 atom stereocenters. The maximum absolute atomic E-state index is 12.5. The van der Waals surface area contributed by atoms with Crippen LogP contribution in [-0.4, -0.2) is 28.6 Å². The van der Waals surface area contributed by atoms with Crippen LogP contribution >= 0.6 is 0 Å². The van der Waals surface area contributed by atoms with Crippen molar-refractivity contribution >= 4 is 11.6 Å². The van der Waals surface area contributed by atoms with Crippen LogP contribution in [-0.2, 0) is 11.3 Å². The number of aryl methyl sites for hydroxylation is 1. The first-order valence-corrected chi connectivity index (χ1v) is 10.1. The largest absolute Gasteiger partial charge is 0.490 e. The van der Waals surface area contributed by atoms with Gasteiger partial charge in [0.2, 0.25) is 0 Å². The van der Waals surface area contributed by atoms with Crippen molar-refractivity contribution < 1.29 is 19.0 Å². The number of carbonyl (C=O) groups is 1. The number of ether oxygens (including phenoxy) is 3. The van der Waals surface area contributed by atoms with Crippen LogP contribution in [0.5, 0.6) is 11.5 Å². The number of benzene rings is 1. The maximum Gasteiger partial charge on any atom is 0.338 e. The van der Waals surface area contributed by atoms with Crippen LogP contribution in [0.1, 0.15) is 48.3 Å². The molecule has 0 fully saturated rings. The van der Waals surface area contributed by atoms with Gasteiger partial charge in [0, 0.05) is 12.3 Å². The van der Waals surface area contributed by atoms with Gasteiger partial charge in [0.1, 0.15) is 12.3 Å². The lowest BCUT2D eigenvalue weighted by molar-refractivity contribution is 0.0467. The Morgan fingerprint density at radius 1 is 1.07 bits per heavy atom. The minimum Gasteiger partial charge on any atom is -0.490 e. The van der Waals surface area contributed by atoms with Gasteiger partial charge in [-0.05, 0) is 50.1 Å². The van der Waals surface area contributed by atoms with Crippen LogP contribution in [0, 0.1) is 6.92 Å². The maximum atomic E-state index is 12.5. The standard InChI is InChI=1S/C23H26N2O5/c1-4-6-11-29-19-9-8-17(12-20(19)28-5-2)23(27)30-15-18-13-22(26)25-14-16(3)7-10-21(25)24-18/h7-10,12-14H,4-6,11,15H2,1-3H3. The molecule has 158 valence electrons. The molecule has 30 heavy (non-hydrogen) atoms. The average Bonchev–Trinajstić information content (AvgIpc) is 2.74. The molecular formula is C23H26N2O5. The topological polar surface area (TPSA) is 79.1 Å². The number of nitrogens with zero attached hydrogens (tertiary/aromatic N) is 2. The van der Waals surface area contributed by atoms with Crippen LogP contribution in [0.4, 0.5) is 0 Å². The van der Waals surface area contributed by atoms with E-state index in [-0.39, 0.29) is 12.2 Å². The highest BCUT2D eigenvalue weighted by molar-refractivity contribution is 5.90. The predicted octanol–water partition coefficient (Wildman–Crippen LogP) is 3.94. The minimum atomic E-state index is -0.526. The summed E-state index contributed by atoms with van der Waals surface area (Å²) in [6.45, 7) is 6.80. The lowest BCUT2D eigenvalue weighted by Crippen LogP contribution is -2.17. The van der Waals surface area contributed by atoms with Crippen molar-refractivity contribution in [2.24, 2.45) is 0 Å². The quantitative estimate of drug-likeness (QED) is 0.393. The molecule has 3 rings (SSSR count). The van der Waals surface area contributed by atoms with E-state index in [4.69, 9.17) is 14.2 Å². The smallest absolute Gasteiger partial charge is 0.338 e. The molecule has 0 aliphatic heterocycles. The highest BCUT2D eigenvalue weighted by atomic mass is 16.5. The van der Waals surface area contributed by atoms with Gasteiger partial charge in [0.05, 0.1) is 24.5 Å². The van der Waals surface area contributed by atoms with Gasteiger partial charge in [-0.15, -0.1) is 0 Å². The molecule has 3 aromatic rings. The molecule has 0 bridgehead atoms. The Bertz CT molecular complexity index is 1090. The molecule has 7 heteroatoms. The molecule has 0 saturated carbocycles.